The maximum absolute atomic E-state index is 11.8. The fraction of sp³-hybridized carbons (Fsp3) is 0.524. The first-order valence-corrected chi connectivity index (χ1v) is 9.72. The van der Waals surface area contributed by atoms with Crippen molar-refractivity contribution in [2.75, 3.05) is 13.7 Å². The van der Waals surface area contributed by atoms with Gasteiger partial charge in [-0.2, -0.15) is 0 Å². The molecule has 1 fully saturated rings. The summed E-state index contributed by atoms with van der Waals surface area (Å²) in [6.07, 6.45) is -6.20. The summed E-state index contributed by atoms with van der Waals surface area (Å²) < 4.78 is 37.8. The Bertz CT molecular complexity index is 820. The standard InChI is InChI=1S/C21H26O11/c1-11(22)27-10-17-18(28-12(2)23)19(29-13(3)24)20(30-14(4)25)21(32-17)31-16-8-6-15(26-5)7-9-16/h6-9,17-21H,10H2,1-5H3/t17-,18+,19+,20-,21-/m0/s1. The quantitative estimate of drug-likeness (QED) is 0.414. The number of benzene rings is 1. The van der Waals surface area contributed by atoms with Gasteiger partial charge >= 0.3 is 23.9 Å². The Labute approximate surface area is 184 Å². The Morgan fingerprint density at radius 2 is 1.25 bits per heavy atom. The van der Waals surface area contributed by atoms with E-state index in [1.165, 1.54) is 14.0 Å². The molecular weight excluding hydrogens is 428 g/mol. The van der Waals surface area contributed by atoms with Crippen molar-refractivity contribution in [3.8, 4) is 11.5 Å². The lowest BCUT2D eigenvalue weighted by Crippen LogP contribution is -2.63. The van der Waals surface area contributed by atoms with Crippen molar-refractivity contribution < 1.29 is 52.3 Å². The number of hydrogen-bond acceptors (Lipinski definition) is 11. The van der Waals surface area contributed by atoms with Crippen molar-refractivity contribution in [1.29, 1.82) is 0 Å². The minimum absolute atomic E-state index is 0.326. The lowest BCUT2D eigenvalue weighted by Gasteiger charge is -2.43. The Morgan fingerprint density at radius 3 is 1.75 bits per heavy atom. The van der Waals surface area contributed by atoms with E-state index in [9.17, 15) is 19.2 Å². The van der Waals surface area contributed by atoms with Gasteiger partial charge in [-0.05, 0) is 24.3 Å². The van der Waals surface area contributed by atoms with Crippen molar-refractivity contribution in [2.45, 2.75) is 58.4 Å². The van der Waals surface area contributed by atoms with Crippen LogP contribution in [0.2, 0.25) is 0 Å². The second kappa shape index (κ2) is 11.3. The van der Waals surface area contributed by atoms with E-state index in [2.05, 4.69) is 0 Å². The molecule has 32 heavy (non-hydrogen) atoms. The van der Waals surface area contributed by atoms with E-state index in [-0.39, 0.29) is 6.61 Å². The van der Waals surface area contributed by atoms with Gasteiger partial charge in [-0.1, -0.05) is 0 Å². The van der Waals surface area contributed by atoms with Crippen LogP contribution in [0.15, 0.2) is 24.3 Å². The highest BCUT2D eigenvalue weighted by Gasteiger charge is 2.53. The third-order valence-corrected chi connectivity index (χ3v) is 4.26. The number of esters is 4. The minimum atomic E-state index is -1.29. The molecule has 0 aliphatic carbocycles. The normalized spacial score (nSPS) is 24.6. The summed E-state index contributed by atoms with van der Waals surface area (Å²) in [6, 6.07) is 6.46. The molecular formula is C21H26O11. The molecule has 2 rings (SSSR count). The molecule has 1 aromatic rings. The summed E-state index contributed by atoms with van der Waals surface area (Å²) in [5, 5.41) is 0. The predicted molar refractivity (Wildman–Crippen MR) is 106 cm³/mol. The largest absolute Gasteiger partial charge is 0.497 e. The van der Waals surface area contributed by atoms with Gasteiger partial charge in [-0.3, -0.25) is 19.2 Å². The zero-order valence-corrected chi connectivity index (χ0v) is 18.4. The van der Waals surface area contributed by atoms with E-state index < -0.39 is 54.6 Å². The van der Waals surface area contributed by atoms with E-state index in [1.807, 2.05) is 0 Å². The van der Waals surface area contributed by atoms with Crippen LogP contribution in [0.4, 0.5) is 0 Å². The zero-order chi connectivity index (χ0) is 23.8. The molecule has 0 aromatic heterocycles. The van der Waals surface area contributed by atoms with Gasteiger partial charge in [-0.15, -0.1) is 0 Å². The SMILES string of the molecule is COc1ccc(O[C@H]2O[C@@H](COC(C)=O)[C@@H](OC(C)=O)[C@@H](OC(C)=O)[C@@H]2OC(C)=O)cc1. The van der Waals surface area contributed by atoms with E-state index in [0.29, 0.717) is 11.5 Å². The topological polar surface area (TPSA) is 133 Å². The lowest BCUT2D eigenvalue weighted by molar-refractivity contribution is -0.288. The van der Waals surface area contributed by atoms with Crippen LogP contribution in [-0.2, 0) is 42.9 Å². The average molecular weight is 454 g/mol. The Balaban J connectivity index is 2.42. The van der Waals surface area contributed by atoms with Crippen LogP contribution in [0.25, 0.3) is 0 Å². The predicted octanol–water partition coefficient (Wildman–Crippen LogP) is 1.16. The molecule has 1 aromatic carbocycles. The number of carbonyl (C=O) groups excluding carboxylic acids is 4. The van der Waals surface area contributed by atoms with Crippen molar-refractivity contribution in [2.24, 2.45) is 0 Å². The zero-order valence-electron chi connectivity index (χ0n) is 18.4. The number of rotatable bonds is 8. The van der Waals surface area contributed by atoms with Crippen LogP contribution in [0.3, 0.4) is 0 Å². The van der Waals surface area contributed by atoms with Crippen LogP contribution in [-0.4, -0.2) is 68.3 Å². The monoisotopic (exact) mass is 454 g/mol. The summed E-state index contributed by atoms with van der Waals surface area (Å²) >= 11 is 0. The summed E-state index contributed by atoms with van der Waals surface area (Å²) in [7, 11) is 1.51. The van der Waals surface area contributed by atoms with E-state index in [1.54, 1.807) is 24.3 Å². The van der Waals surface area contributed by atoms with Gasteiger partial charge in [0.05, 0.1) is 7.11 Å². The Hall–Kier alpha value is -3.34. The number of hydrogen-bond donors (Lipinski definition) is 0. The highest BCUT2D eigenvalue weighted by atomic mass is 16.7. The van der Waals surface area contributed by atoms with Crippen molar-refractivity contribution in [3.63, 3.8) is 0 Å². The third kappa shape index (κ3) is 7.12. The van der Waals surface area contributed by atoms with Crippen LogP contribution in [0.5, 0.6) is 11.5 Å². The van der Waals surface area contributed by atoms with Gasteiger partial charge in [0.25, 0.3) is 0 Å². The van der Waals surface area contributed by atoms with Crippen LogP contribution >= 0.6 is 0 Å². The molecule has 1 aliphatic heterocycles. The van der Waals surface area contributed by atoms with E-state index in [4.69, 9.17) is 33.2 Å². The van der Waals surface area contributed by atoms with E-state index in [0.717, 1.165) is 20.8 Å². The lowest BCUT2D eigenvalue weighted by atomic mass is 9.98. The summed E-state index contributed by atoms with van der Waals surface area (Å²) in [5.41, 5.74) is 0. The first-order chi connectivity index (χ1) is 15.1. The van der Waals surface area contributed by atoms with Gasteiger partial charge in [0.15, 0.2) is 12.2 Å². The third-order valence-electron chi connectivity index (χ3n) is 4.26. The molecule has 176 valence electrons. The van der Waals surface area contributed by atoms with Gasteiger partial charge in [0.2, 0.25) is 12.4 Å². The molecule has 0 N–H and O–H groups in total. The average Bonchev–Trinajstić information content (AvgIpc) is 2.70. The van der Waals surface area contributed by atoms with Crippen molar-refractivity contribution in [1.82, 2.24) is 0 Å². The van der Waals surface area contributed by atoms with Crippen molar-refractivity contribution in [3.05, 3.63) is 24.3 Å². The molecule has 1 heterocycles. The second-order valence-electron chi connectivity index (χ2n) is 6.86. The fourth-order valence-corrected chi connectivity index (χ4v) is 3.07. The maximum atomic E-state index is 11.8. The minimum Gasteiger partial charge on any atom is -0.497 e. The van der Waals surface area contributed by atoms with Gasteiger partial charge in [-0.25, -0.2) is 0 Å². The van der Waals surface area contributed by atoms with Crippen LogP contribution in [0.1, 0.15) is 27.7 Å². The maximum Gasteiger partial charge on any atom is 0.303 e. The highest BCUT2D eigenvalue weighted by molar-refractivity contribution is 5.68. The second-order valence-corrected chi connectivity index (χ2v) is 6.86. The first-order valence-electron chi connectivity index (χ1n) is 9.72. The summed E-state index contributed by atoms with van der Waals surface area (Å²) in [5.74, 6) is -1.83. The fourth-order valence-electron chi connectivity index (χ4n) is 3.07. The van der Waals surface area contributed by atoms with Crippen LogP contribution in [0, 0.1) is 0 Å². The molecule has 0 saturated carbocycles. The van der Waals surface area contributed by atoms with Gasteiger partial charge < -0.3 is 33.2 Å². The summed E-state index contributed by atoms with van der Waals surface area (Å²) in [6.45, 7) is 4.31. The molecule has 0 spiro atoms. The van der Waals surface area contributed by atoms with Crippen molar-refractivity contribution >= 4 is 23.9 Å². The number of carbonyl (C=O) groups is 4. The molecule has 11 nitrogen and oxygen atoms in total. The molecule has 1 saturated heterocycles. The first kappa shape index (κ1) is 24.9. The Kier molecular flexibility index (Phi) is 8.82. The Morgan fingerprint density at radius 1 is 0.750 bits per heavy atom. The van der Waals surface area contributed by atoms with Crippen LogP contribution < -0.4 is 9.47 Å². The highest BCUT2D eigenvalue weighted by Crippen LogP contribution is 2.31. The molecule has 1 aliphatic rings. The van der Waals surface area contributed by atoms with E-state index >= 15 is 0 Å². The molecule has 11 heteroatoms. The van der Waals surface area contributed by atoms with Gasteiger partial charge in [0.1, 0.15) is 24.2 Å². The molecule has 0 bridgehead atoms. The number of ether oxygens (including phenoxy) is 7. The molecule has 0 amide bonds. The molecule has 0 unspecified atom stereocenters. The number of methoxy groups -OCH3 is 1. The summed E-state index contributed by atoms with van der Waals surface area (Å²) in [4.78, 5) is 46.6. The molecule has 0 radical (unpaired) electrons. The smallest absolute Gasteiger partial charge is 0.303 e. The van der Waals surface area contributed by atoms with Gasteiger partial charge in [0, 0.05) is 27.7 Å². The molecule has 5 atom stereocenters.